The molecule has 12 heterocycles. The number of fused-ring (bicyclic) bond motifs is 20. The first-order valence-corrected chi connectivity index (χ1v) is 41.9. The van der Waals surface area contributed by atoms with E-state index in [-0.39, 0.29) is 0 Å². The number of hydrogen-bond acceptors (Lipinski definition) is 9. The molecule has 0 spiro atoms. The predicted molar refractivity (Wildman–Crippen MR) is 515 cm³/mol. The standard InChI is InChI=1S/2C39H24N4.C35H22N4/c1-4-10-30-25(7-1)15-21-37-39(30)31-23-28(16-20-36(31)43(37)38-22-17-27-9-3-6-12-34(27)42-38)32-18-14-29(24-40-32)35-19-13-26-8-2-5-11-33(26)41-35;1-4-10-30-25(7-1)14-19-36-38(30)32-23-28(15-18-35(32)43(36)37-20-16-27-9-3-6-12-34(27)42-37)33-17-13-29(24-41-33)39-31-11-5-2-8-26(31)21-22-40-39;1-3-9-27-23(7-1)13-18-33-35(27)28-21-25(26-12-16-31(37-22-26)30-11-5-6-20-36-30)14-17-32(28)39(33)34-19-15-24-8-2-4-10-29(24)38-34/h2*1-24H;1-22H. The lowest BCUT2D eigenvalue weighted by Gasteiger charge is -2.09. The van der Waals surface area contributed by atoms with Crippen LogP contribution in [0.2, 0.25) is 0 Å². The molecule has 0 aliphatic rings. The summed E-state index contributed by atoms with van der Waals surface area (Å²) in [6.45, 7) is 0. The molecule has 0 radical (unpaired) electrons. The third-order valence-electron chi connectivity index (χ3n) is 24.4. The molecule has 0 saturated heterocycles. The van der Waals surface area contributed by atoms with Gasteiger partial charge in [-0.05, 0) is 213 Å². The molecule has 12 aromatic heterocycles. The molecule has 0 N–H and O–H groups in total. The summed E-state index contributed by atoms with van der Waals surface area (Å²) in [6.07, 6.45) is 9.46. The molecule has 0 atom stereocenters. The molecule has 0 fully saturated rings. The Balaban J connectivity index is 0.000000105. The zero-order valence-electron chi connectivity index (χ0n) is 67.3. The van der Waals surface area contributed by atoms with Crippen molar-refractivity contribution in [2.75, 3.05) is 0 Å². The van der Waals surface area contributed by atoms with Crippen LogP contribution in [0, 0.1) is 0 Å². The first-order chi connectivity index (χ1) is 61.9. The molecular formula is C113H70N12. The van der Waals surface area contributed by atoms with E-state index in [2.05, 4.69) is 351 Å². The predicted octanol–water partition coefficient (Wildman–Crippen LogP) is 28.1. The lowest BCUT2D eigenvalue weighted by atomic mass is 10.0. The van der Waals surface area contributed by atoms with Gasteiger partial charge < -0.3 is 0 Å². The van der Waals surface area contributed by atoms with Gasteiger partial charge in [-0.3, -0.25) is 38.6 Å². The average molecular weight is 1600 g/mol. The molecule has 26 rings (SSSR count). The highest BCUT2D eigenvalue weighted by Gasteiger charge is 2.23. The van der Waals surface area contributed by atoms with Gasteiger partial charge in [0, 0.05) is 118 Å². The summed E-state index contributed by atoms with van der Waals surface area (Å²) in [4.78, 5) is 43.7. The SMILES string of the molecule is c1ccc(-c2ccc(-c3ccc4c(c3)c3c5ccccc5ccc3n4-c3ccc4ccccc4n3)cn2)nc1.c1ccc2nc(-c3ccc(-c4ccc5c(c4)c4c6ccccc6ccc4n5-c4ccc5ccccc5n4)nc3)ccc2c1.c1ccc2nc(-n3c4ccc(-c5ccc(-c6nccc7ccccc67)cn5)cc4c4c5ccccc5ccc43)ccc2c1. The van der Waals surface area contributed by atoms with E-state index in [1.807, 2.05) is 91.5 Å². The van der Waals surface area contributed by atoms with Crippen LogP contribution in [0.15, 0.2) is 425 Å². The van der Waals surface area contributed by atoms with E-state index >= 15 is 0 Å². The van der Waals surface area contributed by atoms with E-state index in [9.17, 15) is 0 Å². The zero-order chi connectivity index (χ0) is 82.4. The third kappa shape index (κ3) is 12.7. The number of para-hydroxylation sites is 4. The summed E-state index contributed by atoms with van der Waals surface area (Å²) >= 11 is 0. The first kappa shape index (κ1) is 72.0. The van der Waals surface area contributed by atoms with Crippen molar-refractivity contribution in [2.45, 2.75) is 0 Å². The number of benzene rings is 14. The summed E-state index contributed by atoms with van der Waals surface area (Å²) in [5, 5.41) is 21.4. The van der Waals surface area contributed by atoms with Gasteiger partial charge in [-0.25, -0.2) is 19.9 Å². The second-order valence-electron chi connectivity index (χ2n) is 31.6. The highest BCUT2D eigenvalue weighted by atomic mass is 15.1. The van der Waals surface area contributed by atoms with Gasteiger partial charge in [0.05, 0.1) is 89.3 Å². The molecule has 26 aromatic rings. The van der Waals surface area contributed by atoms with Crippen LogP contribution in [0.4, 0.5) is 0 Å². The topological polar surface area (TPSA) is 131 Å². The number of rotatable bonds is 9. The maximum absolute atomic E-state index is 5.08. The zero-order valence-corrected chi connectivity index (χ0v) is 67.3. The van der Waals surface area contributed by atoms with Crippen LogP contribution in [-0.4, -0.2) is 58.6 Å². The van der Waals surface area contributed by atoms with Gasteiger partial charge in [0.1, 0.15) is 17.5 Å². The summed E-state index contributed by atoms with van der Waals surface area (Å²) < 4.78 is 6.86. The van der Waals surface area contributed by atoms with Crippen molar-refractivity contribution in [1.82, 2.24) is 58.6 Å². The van der Waals surface area contributed by atoms with Gasteiger partial charge in [-0.1, -0.05) is 224 Å². The van der Waals surface area contributed by atoms with Gasteiger partial charge in [0.15, 0.2) is 0 Å². The molecule has 0 saturated carbocycles. The fourth-order valence-corrected chi connectivity index (χ4v) is 18.4. The highest BCUT2D eigenvalue weighted by Crippen LogP contribution is 2.44. The Kier molecular flexibility index (Phi) is 17.3. The Morgan fingerprint density at radius 3 is 0.936 bits per heavy atom. The molecule has 14 aromatic carbocycles. The van der Waals surface area contributed by atoms with Crippen molar-refractivity contribution in [3.8, 4) is 85.0 Å². The Bertz CT molecular complexity index is 8790. The number of aromatic nitrogens is 12. The van der Waals surface area contributed by atoms with Crippen LogP contribution < -0.4 is 0 Å². The van der Waals surface area contributed by atoms with E-state index < -0.39 is 0 Å². The molecule has 0 aliphatic heterocycles. The number of nitrogens with zero attached hydrogens (tertiary/aromatic N) is 12. The minimum absolute atomic E-state index is 0.866. The largest absolute Gasteiger partial charge is 0.294 e. The van der Waals surface area contributed by atoms with Crippen molar-refractivity contribution in [1.29, 1.82) is 0 Å². The maximum atomic E-state index is 5.08. The van der Waals surface area contributed by atoms with Crippen LogP contribution in [0.5, 0.6) is 0 Å². The molecule has 582 valence electrons. The van der Waals surface area contributed by atoms with Crippen molar-refractivity contribution >= 4 is 152 Å². The van der Waals surface area contributed by atoms with Crippen LogP contribution in [0.1, 0.15) is 0 Å². The lowest BCUT2D eigenvalue weighted by molar-refractivity contribution is 1.10. The summed E-state index contributed by atoms with van der Waals surface area (Å²) in [5.74, 6) is 2.73. The quantitative estimate of drug-likeness (QED) is 0.139. The van der Waals surface area contributed by atoms with Crippen LogP contribution in [0.25, 0.3) is 237 Å². The van der Waals surface area contributed by atoms with E-state index in [0.29, 0.717) is 0 Å². The summed E-state index contributed by atoms with van der Waals surface area (Å²) in [7, 11) is 0. The van der Waals surface area contributed by atoms with Crippen molar-refractivity contribution in [3.63, 3.8) is 0 Å². The van der Waals surface area contributed by atoms with Crippen LogP contribution in [-0.2, 0) is 0 Å². The number of hydrogen-bond donors (Lipinski definition) is 0. The first-order valence-electron chi connectivity index (χ1n) is 41.9. The van der Waals surface area contributed by atoms with Gasteiger partial charge in [0.2, 0.25) is 0 Å². The minimum atomic E-state index is 0.866. The Hall–Kier alpha value is -17.1. The Morgan fingerprint density at radius 1 is 0.168 bits per heavy atom. The van der Waals surface area contributed by atoms with Crippen molar-refractivity contribution in [3.05, 3.63) is 425 Å². The van der Waals surface area contributed by atoms with E-state index in [4.69, 9.17) is 34.9 Å². The molecule has 125 heavy (non-hydrogen) atoms. The van der Waals surface area contributed by atoms with Gasteiger partial charge in [-0.15, -0.1) is 0 Å². The molecule has 0 amide bonds. The third-order valence-corrected chi connectivity index (χ3v) is 24.4. The fourth-order valence-electron chi connectivity index (χ4n) is 18.4. The highest BCUT2D eigenvalue weighted by molar-refractivity contribution is 6.25. The molecule has 12 heteroatoms. The second kappa shape index (κ2) is 30.0. The van der Waals surface area contributed by atoms with E-state index in [1.165, 1.54) is 70.0 Å². The molecule has 0 unspecified atom stereocenters. The summed E-state index contributed by atoms with van der Waals surface area (Å²) in [6, 6.07) is 138. The fraction of sp³-hybridized carbons (Fsp3) is 0. The number of pyridine rings is 9. The van der Waals surface area contributed by atoms with Crippen LogP contribution in [0.3, 0.4) is 0 Å². The van der Waals surface area contributed by atoms with Gasteiger partial charge in [-0.2, -0.15) is 0 Å². The maximum Gasteiger partial charge on any atom is 0.138 e. The van der Waals surface area contributed by atoms with Crippen molar-refractivity contribution in [2.24, 2.45) is 0 Å². The van der Waals surface area contributed by atoms with Crippen LogP contribution >= 0.6 is 0 Å². The minimum Gasteiger partial charge on any atom is -0.294 e. The molecule has 0 aliphatic carbocycles. The summed E-state index contributed by atoms with van der Waals surface area (Å²) in [5.41, 5.74) is 22.5. The Labute approximate surface area is 716 Å². The second-order valence-corrected chi connectivity index (χ2v) is 31.6. The van der Waals surface area contributed by atoms with Gasteiger partial charge >= 0.3 is 0 Å². The molecule has 0 bridgehead atoms. The van der Waals surface area contributed by atoms with E-state index in [0.717, 1.165) is 167 Å². The average Bonchev–Trinajstić information content (AvgIpc) is 1.58. The van der Waals surface area contributed by atoms with E-state index in [1.54, 1.807) is 6.20 Å². The van der Waals surface area contributed by atoms with Crippen molar-refractivity contribution < 1.29 is 0 Å². The molecule has 12 nitrogen and oxygen atoms in total. The normalized spacial score (nSPS) is 11.7. The lowest BCUT2D eigenvalue weighted by Crippen LogP contribution is -1.97. The molecular weight excluding hydrogens is 1530 g/mol. The monoisotopic (exact) mass is 1590 g/mol. The smallest absolute Gasteiger partial charge is 0.138 e. The van der Waals surface area contributed by atoms with Gasteiger partial charge in [0.25, 0.3) is 0 Å². The Morgan fingerprint density at radius 2 is 0.496 bits per heavy atom.